The maximum Gasteiger partial charge on any atom is 0.328 e. The summed E-state index contributed by atoms with van der Waals surface area (Å²) in [6, 6.07) is -0.542. The van der Waals surface area contributed by atoms with Crippen molar-refractivity contribution >= 4 is 17.8 Å². The lowest BCUT2D eigenvalue weighted by atomic mass is 9.95. The fourth-order valence-electron chi connectivity index (χ4n) is 4.52. The summed E-state index contributed by atoms with van der Waals surface area (Å²) in [6.45, 7) is 2.89. The predicted octanol–water partition coefficient (Wildman–Crippen LogP) is 2.66. The molecule has 2 fully saturated rings. The van der Waals surface area contributed by atoms with E-state index in [-0.39, 0.29) is 17.2 Å². The van der Waals surface area contributed by atoms with Gasteiger partial charge in [-0.2, -0.15) is 0 Å². The molecule has 0 aromatic carbocycles. The number of rotatable bonds is 7. The molecule has 8 nitrogen and oxygen atoms in total. The third-order valence-corrected chi connectivity index (χ3v) is 6.32. The number of ether oxygens (including phenoxy) is 1. The van der Waals surface area contributed by atoms with Gasteiger partial charge in [0.05, 0.1) is 7.11 Å². The first-order valence-electron chi connectivity index (χ1n) is 11.4. The summed E-state index contributed by atoms with van der Waals surface area (Å²) in [4.78, 5) is 52.8. The molecular formula is C23H33N3O5. The molecule has 170 valence electrons. The van der Waals surface area contributed by atoms with Gasteiger partial charge in [0.1, 0.15) is 17.2 Å². The minimum absolute atomic E-state index is 0.0126. The number of aromatic nitrogens is 1. The van der Waals surface area contributed by atoms with Crippen LogP contribution in [0.2, 0.25) is 0 Å². The van der Waals surface area contributed by atoms with Gasteiger partial charge in [-0.1, -0.05) is 32.6 Å². The van der Waals surface area contributed by atoms with E-state index in [9.17, 15) is 19.2 Å². The van der Waals surface area contributed by atoms with Crippen LogP contribution >= 0.6 is 0 Å². The van der Waals surface area contributed by atoms with Crippen molar-refractivity contribution in [3.8, 4) is 0 Å². The van der Waals surface area contributed by atoms with Crippen molar-refractivity contribution in [2.45, 2.75) is 76.8 Å². The van der Waals surface area contributed by atoms with Crippen LogP contribution in [-0.4, -0.2) is 53.5 Å². The summed E-state index contributed by atoms with van der Waals surface area (Å²) >= 11 is 0. The van der Waals surface area contributed by atoms with E-state index in [1.54, 1.807) is 12.4 Å². The largest absolute Gasteiger partial charge is 0.467 e. The molecule has 2 amide bonds. The zero-order valence-electron chi connectivity index (χ0n) is 18.5. The quantitative estimate of drug-likeness (QED) is 0.529. The number of carbonyl (C=O) groups is 3. The van der Waals surface area contributed by atoms with Crippen LogP contribution in [-0.2, 0) is 9.53 Å². The van der Waals surface area contributed by atoms with Gasteiger partial charge in [-0.25, -0.2) is 4.79 Å². The Morgan fingerprint density at radius 3 is 2.45 bits per heavy atom. The molecule has 0 unspecified atom stereocenters. The number of amides is 2. The third-order valence-electron chi connectivity index (χ3n) is 6.32. The summed E-state index contributed by atoms with van der Waals surface area (Å²) in [5.41, 5.74) is -0.646. The van der Waals surface area contributed by atoms with Crippen molar-refractivity contribution in [2.75, 3.05) is 20.2 Å². The summed E-state index contributed by atoms with van der Waals surface area (Å²) in [7, 11) is 1.29. The normalized spacial score (nSPS) is 19.3. The van der Waals surface area contributed by atoms with E-state index < -0.39 is 29.3 Å². The summed E-state index contributed by atoms with van der Waals surface area (Å²) < 4.78 is 6.70. The van der Waals surface area contributed by atoms with Crippen LogP contribution in [0, 0.1) is 0 Å². The molecule has 1 aromatic heterocycles. The molecule has 31 heavy (non-hydrogen) atoms. The molecule has 1 aliphatic carbocycles. The van der Waals surface area contributed by atoms with Crippen molar-refractivity contribution in [2.24, 2.45) is 0 Å². The molecule has 1 aromatic rings. The molecule has 2 heterocycles. The number of methoxy groups -OCH3 is 1. The second kappa shape index (κ2) is 10.6. The molecule has 1 saturated carbocycles. The Kier molecular flexibility index (Phi) is 7.87. The van der Waals surface area contributed by atoms with E-state index >= 15 is 0 Å². The predicted molar refractivity (Wildman–Crippen MR) is 116 cm³/mol. The van der Waals surface area contributed by atoms with E-state index in [4.69, 9.17) is 4.74 Å². The Hall–Kier alpha value is -2.64. The van der Waals surface area contributed by atoms with E-state index in [2.05, 4.69) is 5.32 Å². The number of unbranched alkanes of at least 4 members (excludes halogenated alkanes) is 1. The summed E-state index contributed by atoms with van der Waals surface area (Å²) in [6.07, 6.45) is 11.3. The van der Waals surface area contributed by atoms with Crippen LogP contribution in [0.1, 0.15) is 91.5 Å². The Bertz CT molecular complexity index is 872. The first-order chi connectivity index (χ1) is 15.0. The molecule has 1 atom stereocenters. The van der Waals surface area contributed by atoms with Crippen molar-refractivity contribution in [3.05, 3.63) is 33.7 Å². The molecule has 3 rings (SSSR count). The summed E-state index contributed by atoms with van der Waals surface area (Å²) in [5, 5.41) is 2.79. The van der Waals surface area contributed by atoms with Gasteiger partial charge in [-0.05, 0) is 32.1 Å². The average Bonchev–Trinajstić information content (AvgIpc) is 3.29. The highest BCUT2D eigenvalue weighted by atomic mass is 16.5. The number of nitrogens with zero attached hydrogens (tertiary/aromatic N) is 2. The second-order valence-corrected chi connectivity index (χ2v) is 8.44. The van der Waals surface area contributed by atoms with Crippen LogP contribution < -0.4 is 10.7 Å². The van der Waals surface area contributed by atoms with Crippen LogP contribution in [0.3, 0.4) is 0 Å². The van der Waals surface area contributed by atoms with Gasteiger partial charge in [0.15, 0.2) is 0 Å². The number of likely N-dealkylation sites (tertiary alicyclic amines) is 1. The molecule has 0 bridgehead atoms. The molecule has 0 radical (unpaired) electrons. The zero-order chi connectivity index (χ0) is 22.4. The number of hydrogen-bond acceptors (Lipinski definition) is 5. The topological polar surface area (TPSA) is 97.7 Å². The van der Waals surface area contributed by atoms with E-state index in [0.29, 0.717) is 25.9 Å². The minimum Gasteiger partial charge on any atom is -0.467 e. The maximum absolute atomic E-state index is 13.3. The number of hydrogen-bond donors (Lipinski definition) is 1. The number of esters is 1. The molecule has 1 N–H and O–H groups in total. The SMILES string of the molecule is CCCCNC(=O)c1cn(C2CCCCC2)cc(C(=O)N2CCC[C@H]2C(=O)OC)c1=O. The number of carbonyl (C=O) groups excluding carboxylic acids is 3. The molecule has 1 aliphatic heterocycles. The highest BCUT2D eigenvalue weighted by Crippen LogP contribution is 2.28. The van der Waals surface area contributed by atoms with Gasteiger partial charge in [-0.15, -0.1) is 0 Å². The van der Waals surface area contributed by atoms with Crippen molar-refractivity contribution < 1.29 is 19.1 Å². The van der Waals surface area contributed by atoms with Gasteiger partial charge < -0.3 is 19.5 Å². The van der Waals surface area contributed by atoms with Crippen molar-refractivity contribution in [1.82, 2.24) is 14.8 Å². The highest BCUT2D eigenvalue weighted by Gasteiger charge is 2.37. The number of nitrogens with one attached hydrogen (secondary N) is 1. The van der Waals surface area contributed by atoms with Gasteiger partial charge in [0.2, 0.25) is 5.43 Å². The zero-order valence-corrected chi connectivity index (χ0v) is 18.5. The lowest BCUT2D eigenvalue weighted by Gasteiger charge is -2.27. The molecule has 1 saturated heterocycles. The third kappa shape index (κ3) is 5.17. The van der Waals surface area contributed by atoms with Crippen molar-refractivity contribution in [3.63, 3.8) is 0 Å². The van der Waals surface area contributed by atoms with Crippen molar-refractivity contribution in [1.29, 1.82) is 0 Å². The van der Waals surface area contributed by atoms with Gasteiger partial charge >= 0.3 is 5.97 Å². The fourth-order valence-corrected chi connectivity index (χ4v) is 4.52. The van der Waals surface area contributed by atoms with E-state index in [0.717, 1.165) is 38.5 Å². The van der Waals surface area contributed by atoms with Gasteiger partial charge in [0, 0.05) is 31.5 Å². The van der Waals surface area contributed by atoms with Crippen LogP contribution in [0.25, 0.3) is 0 Å². The standard InChI is InChI=1S/C23H33N3O5/c1-3-4-12-24-21(28)17-14-25(16-9-6-5-7-10-16)15-18(20(17)27)22(29)26-13-8-11-19(26)23(30)31-2/h14-16,19H,3-13H2,1-2H3,(H,24,28)/t19-/m0/s1. The van der Waals surface area contributed by atoms with Crippen LogP contribution in [0.15, 0.2) is 17.2 Å². The summed E-state index contributed by atoms with van der Waals surface area (Å²) in [5.74, 6) is -1.44. The van der Waals surface area contributed by atoms with E-state index in [1.807, 2.05) is 11.5 Å². The molecular weight excluding hydrogens is 398 g/mol. The Labute approximate surface area is 182 Å². The Morgan fingerprint density at radius 2 is 1.77 bits per heavy atom. The molecule has 0 spiro atoms. The lowest BCUT2D eigenvalue weighted by molar-refractivity contribution is -0.145. The van der Waals surface area contributed by atoms with Crippen LogP contribution in [0.5, 0.6) is 0 Å². The van der Waals surface area contributed by atoms with Crippen LogP contribution in [0.4, 0.5) is 0 Å². The first kappa shape index (κ1) is 23.0. The smallest absolute Gasteiger partial charge is 0.328 e. The maximum atomic E-state index is 13.3. The fraction of sp³-hybridized carbons (Fsp3) is 0.652. The monoisotopic (exact) mass is 431 g/mol. The Balaban J connectivity index is 1.98. The van der Waals surface area contributed by atoms with Gasteiger partial charge in [-0.3, -0.25) is 14.4 Å². The minimum atomic E-state index is -0.693. The number of pyridine rings is 1. The average molecular weight is 432 g/mol. The van der Waals surface area contributed by atoms with E-state index in [1.165, 1.54) is 18.4 Å². The molecule has 2 aliphatic rings. The first-order valence-corrected chi connectivity index (χ1v) is 11.4. The molecule has 8 heteroatoms. The van der Waals surface area contributed by atoms with Gasteiger partial charge in [0.25, 0.3) is 11.8 Å². The highest BCUT2D eigenvalue weighted by molar-refractivity contribution is 6.00. The second-order valence-electron chi connectivity index (χ2n) is 8.44. The lowest BCUT2D eigenvalue weighted by Crippen LogP contribution is -2.44. The Morgan fingerprint density at radius 1 is 1.06 bits per heavy atom.